The van der Waals surface area contributed by atoms with Crippen molar-refractivity contribution in [3.05, 3.63) is 119 Å². The highest BCUT2D eigenvalue weighted by molar-refractivity contribution is 6.08. The van der Waals surface area contributed by atoms with E-state index >= 15 is 0 Å². The number of esters is 1. The van der Waals surface area contributed by atoms with Crippen LogP contribution in [0.5, 0.6) is 0 Å². The number of ether oxygens (including phenoxy) is 1. The van der Waals surface area contributed by atoms with Crippen LogP contribution in [0.4, 0.5) is 0 Å². The van der Waals surface area contributed by atoms with Crippen molar-refractivity contribution in [1.82, 2.24) is 5.01 Å². The number of amides is 2. The highest BCUT2D eigenvalue weighted by Gasteiger charge is 2.61. The van der Waals surface area contributed by atoms with Gasteiger partial charge in [-0.1, -0.05) is 60.7 Å². The summed E-state index contributed by atoms with van der Waals surface area (Å²) in [5.74, 6) is -1.42. The van der Waals surface area contributed by atoms with Crippen molar-refractivity contribution < 1.29 is 23.5 Å². The van der Waals surface area contributed by atoms with Gasteiger partial charge in [0.05, 0.1) is 30.7 Å². The molecule has 2 amide bonds. The number of nitrogens with zero attached hydrogens (tertiary/aromatic N) is 2. The van der Waals surface area contributed by atoms with Crippen LogP contribution < -0.4 is 0 Å². The Labute approximate surface area is 218 Å². The van der Waals surface area contributed by atoms with Gasteiger partial charge >= 0.3 is 5.97 Å². The van der Waals surface area contributed by atoms with E-state index < -0.39 is 17.8 Å². The van der Waals surface area contributed by atoms with Crippen LogP contribution in [0.1, 0.15) is 50.2 Å². The zero-order chi connectivity index (χ0) is 26.0. The van der Waals surface area contributed by atoms with E-state index in [1.807, 2.05) is 30.3 Å². The quantitative estimate of drug-likeness (QED) is 0.224. The van der Waals surface area contributed by atoms with E-state index in [0.717, 1.165) is 27.3 Å². The Bertz CT molecular complexity index is 1550. The molecule has 0 N–H and O–H groups in total. The molecule has 8 rings (SSSR count). The Morgan fingerprint density at radius 3 is 1.95 bits per heavy atom. The van der Waals surface area contributed by atoms with E-state index in [1.165, 1.54) is 13.3 Å². The molecule has 186 valence electrons. The van der Waals surface area contributed by atoms with Crippen LogP contribution in [0, 0.1) is 11.8 Å². The van der Waals surface area contributed by atoms with Crippen LogP contribution in [0.15, 0.2) is 94.4 Å². The summed E-state index contributed by atoms with van der Waals surface area (Å²) in [4.78, 5) is 39.2. The van der Waals surface area contributed by atoms with Crippen LogP contribution >= 0.6 is 0 Å². The molecule has 38 heavy (non-hydrogen) atoms. The van der Waals surface area contributed by atoms with Gasteiger partial charge in [-0.2, -0.15) is 10.1 Å². The van der Waals surface area contributed by atoms with E-state index in [4.69, 9.17) is 9.15 Å². The lowest BCUT2D eigenvalue weighted by atomic mass is 9.55. The molecule has 1 saturated heterocycles. The first-order valence-corrected chi connectivity index (χ1v) is 12.4. The number of rotatable bonds is 4. The maximum Gasteiger partial charge on any atom is 0.337 e. The lowest BCUT2D eigenvalue weighted by molar-refractivity contribution is -0.139. The maximum absolute atomic E-state index is 13.7. The lowest BCUT2D eigenvalue weighted by Gasteiger charge is -2.45. The number of hydrogen-bond donors (Lipinski definition) is 0. The van der Waals surface area contributed by atoms with Crippen molar-refractivity contribution in [3.8, 4) is 11.3 Å². The summed E-state index contributed by atoms with van der Waals surface area (Å²) in [6.45, 7) is 0. The average Bonchev–Trinajstić information content (AvgIpc) is 3.54. The summed E-state index contributed by atoms with van der Waals surface area (Å²) >= 11 is 0. The number of methoxy groups -OCH3 is 1. The maximum atomic E-state index is 13.7. The Hall–Kier alpha value is -4.78. The Morgan fingerprint density at radius 1 is 0.816 bits per heavy atom. The molecule has 3 aliphatic carbocycles. The SMILES string of the molecule is COC(=O)c1cccc(-c2ccc(/C=N\N3C(=O)[C@H]4C5c6ccccc6C(c6ccccc65)[C@@H]4C3=O)o2)c1. The summed E-state index contributed by atoms with van der Waals surface area (Å²) in [5.41, 5.74) is 5.58. The molecule has 7 nitrogen and oxygen atoms in total. The topological polar surface area (TPSA) is 89.2 Å². The molecular weight excluding hydrogens is 480 g/mol. The second kappa shape index (κ2) is 8.38. The van der Waals surface area contributed by atoms with Gasteiger partial charge in [-0.3, -0.25) is 9.59 Å². The Kier molecular flexibility index (Phi) is 4.94. The summed E-state index contributed by atoms with van der Waals surface area (Å²) < 4.78 is 10.7. The molecule has 3 aromatic carbocycles. The normalized spacial score (nSPS) is 22.9. The van der Waals surface area contributed by atoms with Crippen LogP contribution in [0.25, 0.3) is 11.3 Å². The van der Waals surface area contributed by atoms with Crippen LogP contribution in [0.3, 0.4) is 0 Å². The smallest absolute Gasteiger partial charge is 0.337 e. The third-order valence-corrected chi connectivity index (χ3v) is 7.92. The molecule has 0 spiro atoms. The number of benzene rings is 3. The predicted molar refractivity (Wildman–Crippen MR) is 138 cm³/mol. The van der Waals surface area contributed by atoms with Gasteiger partial charge in [-0.25, -0.2) is 4.79 Å². The molecule has 1 aliphatic heterocycles. The van der Waals surface area contributed by atoms with Crippen molar-refractivity contribution in [2.24, 2.45) is 16.9 Å². The van der Waals surface area contributed by atoms with E-state index in [1.54, 1.807) is 30.3 Å². The highest BCUT2D eigenvalue weighted by Crippen LogP contribution is 2.60. The molecular formula is C31H22N2O5. The third kappa shape index (κ3) is 3.14. The summed E-state index contributed by atoms with van der Waals surface area (Å²) in [7, 11) is 1.33. The largest absolute Gasteiger partial charge is 0.465 e. The van der Waals surface area contributed by atoms with Gasteiger partial charge in [0.25, 0.3) is 11.8 Å². The Balaban J connectivity index is 1.20. The van der Waals surface area contributed by atoms with Crippen molar-refractivity contribution >= 4 is 24.0 Å². The molecule has 4 aromatic rings. The first-order valence-electron chi connectivity index (χ1n) is 12.4. The molecule has 7 heteroatoms. The van der Waals surface area contributed by atoms with Gasteiger partial charge in [0.2, 0.25) is 0 Å². The average molecular weight is 503 g/mol. The fourth-order valence-electron chi connectivity index (χ4n) is 6.38. The van der Waals surface area contributed by atoms with Crippen molar-refractivity contribution in [3.63, 3.8) is 0 Å². The summed E-state index contributed by atoms with van der Waals surface area (Å²) in [5, 5.41) is 5.33. The van der Waals surface area contributed by atoms with Gasteiger partial charge in [0.15, 0.2) is 0 Å². The van der Waals surface area contributed by atoms with Crippen LogP contribution in [0.2, 0.25) is 0 Å². The molecule has 2 bridgehead atoms. The molecule has 2 heterocycles. The molecule has 1 aromatic heterocycles. The van der Waals surface area contributed by atoms with Crippen LogP contribution in [-0.2, 0) is 14.3 Å². The van der Waals surface area contributed by atoms with Crippen molar-refractivity contribution in [2.75, 3.05) is 7.11 Å². The number of hydrogen-bond acceptors (Lipinski definition) is 6. The lowest BCUT2D eigenvalue weighted by Crippen LogP contribution is -2.41. The monoisotopic (exact) mass is 502 g/mol. The second-order valence-corrected chi connectivity index (χ2v) is 9.77. The highest BCUT2D eigenvalue weighted by atomic mass is 16.5. The van der Waals surface area contributed by atoms with Gasteiger partial charge in [-0.05, 0) is 46.5 Å². The van der Waals surface area contributed by atoms with E-state index in [0.29, 0.717) is 22.6 Å². The van der Waals surface area contributed by atoms with Gasteiger partial charge in [0, 0.05) is 17.4 Å². The number of furan rings is 1. The van der Waals surface area contributed by atoms with E-state index in [2.05, 4.69) is 29.4 Å². The third-order valence-electron chi connectivity index (χ3n) is 7.92. The van der Waals surface area contributed by atoms with Gasteiger partial charge < -0.3 is 9.15 Å². The first-order chi connectivity index (χ1) is 18.6. The zero-order valence-corrected chi connectivity index (χ0v) is 20.4. The summed E-state index contributed by atoms with van der Waals surface area (Å²) in [6, 6.07) is 26.6. The summed E-state index contributed by atoms with van der Waals surface area (Å²) in [6.07, 6.45) is 1.39. The van der Waals surface area contributed by atoms with E-state index in [-0.39, 0.29) is 23.7 Å². The number of carbonyl (C=O) groups excluding carboxylic acids is 3. The fourth-order valence-corrected chi connectivity index (χ4v) is 6.38. The fraction of sp³-hybridized carbons (Fsp3) is 0.161. The molecule has 2 atom stereocenters. The number of hydrazone groups is 1. The molecule has 4 aliphatic rings. The first kappa shape index (κ1) is 22.4. The predicted octanol–water partition coefficient (Wildman–Crippen LogP) is 4.96. The van der Waals surface area contributed by atoms with Crippen molar-refractivity contribution in [2.45, 2.75) is 11.8 Å². The van der Waals surface area contributed by atoms with Gasteiger partial charge in [-0.15, -0.1) is 0 Å². The minimum absolute atomic E-state index is 0.175. The van der Waals surface area contributed by atoms with E-state index in [9.17, 15) is 14.4 Å². The number of carbonyl (C=O) groups is 3. The number of imide groups is 1. The van der Waals surface area contributed by atoms with Gasteiger partial charge in [0.1, 0.15) is 11.5 Å². The molecule has 0 saturated carbocycles. The Morgan fingerprint density at radius 2 is 1.39 bits per heavy atom. The van der Waals surface area contributed by atoms with Crippen LogP contribution in [-0.4, -0.2) is 36.1 Å². The molecule has 1 fully saturated rings. The molecule has 0 unspecified atom stereocenters. The van der Waals surface area contributed by atoms with Crippen molar-refractivity contribution in [1.29, 1.82) is 0 Å². The standard InChI is InChI=1S/C31H22N2O5/c1-37-31(36)18-8-6-7-17(15-18)24-14-13-19(38-24)16-32-33-29(34)27-25-20-9-2-3-10-21(20)26(28(27)30(33)35)23-12-5-4-11-22(23)25/h2-16,25-28H,1H3/b32-16-/t25?,26?,27-,28-/m0/s1. The minimum Gasteiger partial charge on any atom is -0.465 e. The molecule has 0 radical (unpaired) electrons. The minimum atomic E-state index is -0.484. The zero-order valence-electron chi connectivity index (χ0n) is 20.4. The second-order valence-electron chi connectivity index (χ2n) is 9.77.